The van der Waals surface area contributed by atoms with E-state index in [0.717, 1.165) is 0 Å². The third-order valence-electron chi connectivity index (χ3n) is 2.78. The molecule has 0 bridgehead atoms. The van der Waals surface area contributed by atoms with E-state index in [2.05, 4.69) is 0 Å². The van der Waals surface area contributed by atoms with Gasteiger partial charge in [-0.25, -0.2) is 0 Å². The van der Waals surface area contributed by atoms with Crippen molar-refractivity contribution in [1.29, 1.82) is 5.26 Å². The number of nitriles is 1. The number of benzene rings is 1. The zero-order valence-corrected chi connectivity index (χ0v) is 12.1. The van der Waals surface area contributed by atoms with Gasteiger partial charge in [0.25, 0.3) is 5.91 Å². The van der Waals surface area contributed by atoms with Crippen molar-refractivity contribution in [3.05, 3.63) is 29.8 Å². The molecule has 6 heteroatoms. The Morgan fingerprint density at radius 1 is 1.38 bits per heavy atom. The number of amides is 1. The molecule has 0 saturated carbocycles. The Labute approximate surface area is 123 Å². The molecule has 1 unspecified atom stereocenters. The van der Waals surface area contributed by atoms with E-state index in [0.29, 0.717) is 24.3 Å². The van der Waals surface area contributed by atoms with Gasteiger partial charge < -0.3 is 14.7 Å². The fourth-order valence-electron chi connectivity index (χ4n) is 1.82. The summed E-state index contributed by atoms with van der Waals surface area (Å²) < 4.78 is 5.49. The summed E-state index contributed by atoms with van der Waals surface area (Å²) in [6.45, 7) is 3.47. The maximum Gasteiger partial charge on any atom is 0.323 e. The van der Waals surface area contributed by atoms with Gasteiger partial charge in [-0.3, -0.25) is 9.59 Å². The number of hydrogen-bond acceptors (Lipinski definition) is 4. The molecular weight excluding hydrogens is 272 g/mol. The molecule has 0 spiro atoms. The Bertz CT molecular complexity index is 534. The average molecular weight is 290 g/mol. The second-order valence-electron chi connectivity index (χ2n) is 4.55. The van der Waals surface area contributed by atoms with Gasteiger partial charge in [-0.05, 0) is 37.6 Å². The van der Waals surface area contributed by atoms with E-state index in [9.17, 15) is 9.59 Å². The zero-order valence-electron chi connectivity index (χ0n) is 12.1. The van der Waals surface area contributed by atoms with Crippen LogP contribution in [0.2, 0.25) is 0 Å². The van der Waals surface area contributed by atoms with E-state index in [-0.39, 0.29) is 12.5 Å². The molecule has 1 aromatic carbocycles. The van der Waals surface area contributed by atoms with Gasteiger partial charge in [0.1, 0.15) is 12.3 Å². The third kappa shape index (κ3) is 5.15. The molecule has 1 aromatic rings. The lowest BCUT2D eigenvalue weighted by molar-refractivity contribution is -0.147. The van der Waals surface area contributed by atoms with Gasteiger partial charge in [-0.2, -0.15) is 5.26 Å². The second-order valence-corrected chi connectivity index (χ2v) is 4.55. The minimum atomic E-state index is -1.05. The predicted octanol–water partition coefficient (Wildman–Crippen LogP) is 1.65. The Hall–Kier alpha value is -2.55. The molecule has 6 nitrogen and oxygen atoms in total. The zero-order chi connectivity index (χ0) is 15.8. The molecule has 0 aliphatic heterocycles. The summed E-state index contributed by atoms with van der Waals surface area (Å²) in [5.74, 6) is -0.965. The molecular formula is C15H18N2O4. The van der Waals surface area contributed by atoms with Gasteiger partial charge in [0.2, 0.25) is 0 Å². The van der Waals surface area contributed by atoms with Crippen LogP contribution in [0.4, 0.5) is 0 Å². The van der Waals surface area contributed by atoms with Crippen molar-refractivity contribution in [3.8, 4) is 11.8 Å². The van der Waals surface area contributed by atoms with Crippen LogP contribution in [0.1, 0.15) is 25.8 Å². The topological polar surface area (TPSA) is 90.6 Å². The number of carboxylic acid groups (broad SMARTS) is 1. The molecule has 1 amide bonds. The van der Waals surface area contributed by atoms with E-state index >= 15 is 0 Å². The van der Waals surface area contributed by atoms with Crippen molar-refractivity contribution in [1.82, 2.24) is 4.90 Å². The van der Waals surface area contributed by atoms with Crippen LogP contribution >= 0.6 is 0 Å². The summed E-state index contributed by atoms with van der Waals surface area (Å²) in [6.07, 6.45) is -0.119. The minimum absolute atomic E-state index is 0.340. The predicted molar refractivity (Wildman–Crippen MR) is 75.8 cm³/mol. The number of carbonyl (C=O) groups is 2. The molecule has 1 N–H and O–H groups in total. The molecule has 0 aromatic heterocycles. The summed E-state index contributed by atoms with van der Waals surface area (Å²) in [4.78, 5) is 24.2. The molecule has 21 heavy (non-hydrogen) atoms. The van der Waals surface area contributed by atoms with Crippen LogP contribution in [0.25, 0.3) is 0 Å². The summed E-state index contributed by atoms with van der Waals surface area (Å²) in [7, 11) is 0. The van der Waals surface area contributed by atoms with Gasteiger partial charge in [0.15, 0.2) is 6.10 Å². The monoisotopic (exact) mass is 290 g/mol. The molecule has 0 fully saturated rings. The van der Waals surface area contributed by atoms with Gasteiger partial charge in [0, 0.05) is 6.54 Å². The highest BCUT2D eigenvalue weighted by atomic mass is 16.5. The Morgan fingerprint density at radius 2 is 2.00 bits per heavy atom. The number of aliphatic carboxylic acids is 1. The lowest BCUT2D eigenvalue weighted by atomic mass is 10.2. The molecule has 0 saturated heterocycles. The van der Waals surface area contributed by atoms with Crippen molar-refractivity contribution >= 4 is 11.9 Å². The number of rotatable bonds is 7. The maximum atomic E-state index is 12.2. The van der Waals surface area contributed by atoms with Crippen LogP contribution in [0.5, 0.6) is 5.75 Å². The highest BCUT2D eigenvalue weighted by Crippen LogP contribution is 2.14. The van der Waals surface area contributed by atoms with Crippen molar-refractivity contribution in [2.45, 2.75) is 26.4 Å². The molecule has 1 atom stereocenters. The van der Waals surface area contributed by atoms with Gasteiger partial charge >= 0.3 is 5.97 Å². The van der Waals surface area contributed by atoms with Crippen LogP contribution in [0.3, 0.4) is 0 Å². The first-order valence-electron chi connectivity index (χ1n) is 6.65. The van der Waals surface area contributed by atoms with Crippen LogP contribution < -0.4 is 4.74 Å². The molecule has 1 rings (SSSR count). The van der Waals surface area contributed by atoms with Crippen LogP contribution in [-0.4, -0.2) is 41.1 Å². The SMILES string of the molecule is CCCN(CC(=O)O)C(=O)C(C)Oc1ccc(C#N)cc1. The highest BCUT2D eigenvalue weighted by molar-refractivity contribution is 5.84. The average Bonchev–Trinajstić information content (AvgIpc) is 2.46. The number of nitrogens with zero attached hydrogens (tertiary/aromatic N) is 2. The first-order valence-corrected chi connectivity index (χ1v) is 6.65. The lowest BCUT2D eigenvalue weighted by Crippen LogP contribution is -2.43. The van der Waals surface area contributed by atoms with Gasteiger partial charge in [-0.1, -0.05) is 6.92 Å². The quantitative estimate of drug-likeness (QED) is 0.824. The van der Waals surface area contributed by atoms with E-state index in [1.54, 1.807) is 31.2 Å². The number of ether oxygens (including phenoxy) is 1. The number of carboxylic acids is 1. The largest absolute Gasteiger partial charge is 0.481 e. The smallest absolute Gasteiger partial charge is 0.323 e. The summed E-state index contributed by atoms with van der Waals surface area (Å²) in [5.41, 5.74) is 0.500. The lowest BCUT2D eigenvalue weighted by Gasteiger charge is -2.24. The van der Waals surface area contributed by atoms with E-state index < -0.39 is 12.1 Å². The Balaban J connectivity index is 2.70. The minimum Gasteiger partial charge on any atom is -0.481 e. The standard InChI is InChI=1S/C15H18N2O4/c1-3-8-17(10-14(18)19)15(20)11(2)21-13-6-4-12(9-16)5-7-13/h4-7,11H,3,8,10H2,1-2H3,(H,18,19). The molecule has 0 heterocycles. The summed E-state index contributed by atoms with van der Waals surface area (Å²) >= 11 is 0. The third-order valence-corrected chi connectivity index (χ3v) is 2.78. The van der Waals surface area contributed by atoms with Crippen LogP contribution in [-0.2, 0) is 9.59 Å². The molecule has 0 aliphatic carbocycles. The van der Waals surface area contributed by atoms with Crippen molar-refractivity contribution in [3.63, 3.8) is 0 Å². The van der Waals surface area contributed by atoms with E-state index in [1.807, 2.05) is 13.0 Å². The Kier molecular flexibility index (Phi) is 6.21. The maximum absolute atomic E-state index is 12.2. The van der Waals surface area contributed by atoms with Crippen LogP contribution in [0.15, 0.2) is 24.3 Å². The van der Waals surface area contributed by atoms with Gasteiger partial charge in [-0.15, -0.1) is 0 Å². The fraction of sp³-hybridized carbons (Fsp3) is 0.400. The van der Waals surface area contributed by atoms with Crippen molar-refractivity contribution < 1.29 is 19.4 Å². The molecule has 0 aliphatic rings. The normalized spacial score (nSPS) is 11.3. The van der Waals surface area contributed by atoms with Crippen LogP contribution in [0, 0.1) is 11.3 Å². The first kappa shape index (κ1) is 16.5. The highest BCUT2D eigenvalue weighted by Gasteiger charge is 2.23. The summed E-state index contributed by atoms with van der Waals surface area (Å²) in [6, 6.07) is 8.37. The van der Waals surface area contributed by atoms with Crippen molar-refractivity contribution in [2.24, 2.45) is 0 Å². The van der Waals surface area contributed by atoms with Gasteiger partial charge in [0.05, 0.1) is 11.6 Å². The fourth-order valence-corrected chi connectivity index (χ4v) is 1.82. The van der Waals surface area contributed by atoms with E-state index in [4.69, 9.17) is 15.1 Å². The molecule has 0 radical (unpaired) electrons. The number of hydrogen-bond donors (Lipinski definition) is 1. The summed E-state index contributed by atoms with van der Waals surface area (Å²) in [5, 5.41) is 17.5. The molecule has 112 valence electrons. The Morgan fingerprint density at radius 3 is 2.48 bits per heavy atom. The van der Waals surface area contributed by atoms with Crippen molar-refractivity contribution in [2.75, 3.05) is 13.1 Å². The number of carbonyl (C=O) groups excluding carboxylic acids is 1. The van der Waals surface area contributed by atoms with E-state index in [1.165, 1.54) is 4.90 Å². The first-order chi connectivity index (χ1) is 9.97. The second kappa shape index (κ2) is 7.90.